The Morgan fingerprint density at radius 2 is 0.829 bits per heavy atom. The molecule has 2 heterocycles. The second-order valence-corrected chi connectivity index (χ2v) is 9.03. The minimum absolute atomic E-state index is 0.119. The van der Waals surface area contributed by atoms with E-state index >= 15 is 0 Å². The Hall–Kier alpha value is -2.86. The summed E-state index contributed by atoms with van der Waals surface area (Å²) in [5.74, 6) is 0.464. The van der Waals surface area contributed by atoms with Gasteiger partial charge >= 0.3 is 0 Å². The summed E-state index contributed by atoms with van der Waals surface area (Å²) in [6.07, 6.45) is 2.73. The van der Waals surface area contributed by atoms with Crippen LogP contribution < -0.4 is 21.3 Å². The number of hydrogen-bond acceptors (Lipinski definition) is 6. The molecule has 4 amide bonds. The van der Waals surface area contributed by atoms with E-state index in [1.807, 2.05) is 0 Å². The van der Waals surface area contributed by atoms with Crippen LogP contribution in [-0.4, -0.2) is 44.3 Å². The zero-order chi connectivity index (χ0) is 25.5. The minimum Gasteiger partial charge on any atom is -0.311 e. The van der Waals surface area contributed by atoms with E-state index in [1.165, 1.54) is 0 Å². The predicted octanol–water partition coefficient (Wildman–Crippen LogP) is 4.45. The average Bonchev–Trinajstić information content (AvgIpc) is 2.82. The molecule has 2 aromatic heterocycles. The summed E-state index contributed by atoms with van der Waals surface area (Å²) in [5.41, 5.74) is 0. The number of rotatable bonds is 14. The number of carbonyl (C=O) groups excluding carboxylic acids is 4. The maximum atomic E-state index is 12.2. The molecule has 0 saturated carbocycles. The van der Waals surface area contributed by atoms with Crippen molar-refractivity contribution in [3.8, 4) is 0 Å². The quantitative estimate of drug-likeness (QED) is 0.232. The molecule has 10 nitrogen and oxygen atoms in total. The first kappa shape index (κ1) is 28.4. The van der Waals surface area contributed by atoms with Crippen LogP contribution in [0.15, 0.2) is 36.4 Å². The zero-order valence-electron chi connectivity index (χ0n) is 19.1. The minimum atomic E-state index is -0.292. The van der Waals surface area contributed by atoms with Crippen molar-refractivity contribution in [2.24, 2.45) is 0 Å². The van der Waals surface area contributed by atoms with Crippen LogP contribution in [0, 0.1) is 0 Å². The third-order valence-corrected chi connectivity index (χ3v) is 5.57. The third-order valence-electron chi connectivity index (χ3n) is 4.45. The molecular formula is C23H28Br2N6O4. The molecule has 4 N–H and O–H groups in total. The molecule has 0 atom stereocenters. The van der Waals surface area contributed by atoms with E-state index in [1.54, 1.807) is 36.4 Å². The van der Waals surface area contributed by atoms with Gasteiger partial charge in [-0.25, -0.2) is 9.97 Å². The fourth-order valence-corrected chi connectivity index (χ4v) is 3.39. The number of nitrogens with zero attached hydrogens (tertiary/aromatic N) is 2. The number of alkyl halides is 2. The van der Waals surface area contributed by atoms with E-state index in [9.17, 15) is 19.2 Å². The smallest absolute Gasteiger partial charge is 0.225 e. The number of pyridine rings is 2. The van der Waals surface area contributed by atoms with Gasteiger partial charge in [-0.2, -0.15) is 0 Å². The summed E-state index contributed by atoms with van der Waals surface area (Å²) in [4.78, 5) is 56.5. The Balaban J connectivity index is 1.74. The second-order valence-electron chi connectivity index (χ2n) is 7.45. The molecule has 0 aliphatic rings. The maximum Gasteiger partial charge on any atom is 0.225 e. The molecule has 0 spiro atoms. The van der Waals surface area contributed by atoms with Crippen LogP contribution >= 0.6 is 31.9 Å². The Morgan fingerprint density at radius 3 is 1.11 bits per heavy atom. The van der Waals surface area contributed by atoms with Gasteiger partial charge in [0.05, 0.1) is 0 Å². The highest BCUT2D eigenvalue weighted by molar-refractivity contribution is 9.09. The van der Waals surface area contributed by atoms with Crippen molar-refractivity contribution in [3.05, 3.63) is 36.4 Å². The fraction of sp³-hybridized carbons (Fsp3) is 0.391. The fourth-order valence-electron chi connectivity index (χ4n) is 2.83. The van der Waals surface area contributed by atoms with Gasteiger partial charge in [-0.1, -0.05) is 44.0 Å². The number of amides is 4. The summed E-state index contributed by atoms with van der Waals surface area (Å²) in [6, 6.07) is 9.89. The van der Waals surface area contributed by atoms with Crippen molar-refractivity contribution < 1.29 is 19.2 Å². The zero-order valence-corrected chi connectivity index (χ0v) is 22.3. The predicted molar refractivity (Wildman–Crippen MR) is 143 cm³/mol. The molecule has 35 heavy (non-hydrogen) atoms. The van der Waals surface area contributed by atoms with Gasteiger partial charge in [0.25, 0.3) is 0 Å². The van der Waals surface area contributed by atoms with Crippen LogP contribution in [0.1, 0.15) is 44.9 Å². The topological polar surface area (TPSA) is 142 Å². The first-order valence-corrected chi connectivity index (χ1v) is 13.4. The Kier molecular flexibility index (Phi) is 12.9. The monoisotopic (exact) mass is 610 g/mol. The second kappa shape index (κ2) is 15.9. The number of anilines is 4. The van der Waals surface area contributed by atoms with Crippen LogP contribution in [0.25, 0.3) is 0 Å². The molecule has 0 aromatic carbocycles. The number of carbonyl (C=O) groups is 4. The van der Waals surface area contributed by atoms with Gasteiger partial charge in [-0.3, -0.25) is 19.2 Å². The van der Waals surface area contributed by atoms with E-state index in [-0.39, 0.29) is 36.5 Å². The molecule has 12 heteroatoms. The van der Waals surface area contributed by atoms with Crippen LogP contribution in [0.4, 0.5) is 23.3 Å². The summed E-state index contributed by atoms with van der Waals surface area (Å²) < 4.78 is 0. The lowest BCUT2D eigenvalue weighted by Gasteiger charge is -2.09. The lowest BCUT2D eigenvalue weighted by molar-refractivity contribution is -0.118. The van der Waals surface area contributed by atoms with Crippen molar-refractivity contribution in [1.29, 1.82) is 0 Å². The molecule has 188 valence electrons. The molecule has 0 bridgehead atoms. The van der Waals surface area contributed by atoms with Gasteiger partial charge in [0.15, 0.2) is 0 Å². The maximum absolute atomic E-state index is 12.2. The molecule has 0 aliphatic heterocycles. The van der Waals surface area contributed by atoms with Gasteiger partial charge in [0.2, 0.25) is 23.6 Å². The standard InChI is InChI=1S/C23H28Br2N6O4/c24-14-4-12-22(34)30-18-8-1-6-16(26-18)28-20(32)10-3-11-21(33)29-17-7-2-9-19(27-17)31-23(35)13-5-15-25/h1-2,6-9H,3-5,10-15H2,(H2,26,28,30,32,34)(H2,27,29,31,33,35). The molecule has 0 radical (unpaired) electrons. The van der Waals surface area contributed by atoms with Gasteiger partial charge in [0.1, 0.15) is 23.3 Å². The summed E-state index contributed by atoms with van der Waals surface area (Å²) in [7, 11) is 0. The number of aromatic nitrogens is 2. The van der Waals surface area contributed by atoms with E-state index in [0.717, 1.165) is 10.7 Å². The Morgan fingerprint density at radius 1 is 0.543 bits per heavy atom. The lowest BCUT2D eigenvalue weighted by Crippen LogP contribution is -2.17. The average molecular weight is 612 g/mol. The summed E-state index contributed by atoms with van der Waals surface area (Å²) in [5, 5.41) is 12.2. The Bertz CT molecular complexity index is 942. The number of hydrogen-bond donors (Lipinski definition) is 4. The van der Waals surface area contributed by atoms with Gasteiger partial charge < -0.3 is 21.3 Å². The highest BCUT2D eigenvalue weighted by Crippen LogP contribution is 2.13. The molecule has 0 aliphatic carbocycles. The van der Waals surface area contributed by atoms with Crippen molar-refractivity contribution >= 4 is 78.8 Å². The summed E-state index contributed by atoms with van der Waals surface area (Å²) >= 11 is 6.56. The number of nitrogens with one attached hydrogen (secondary N) is 4. The van der Waals surface area contributed by atoms with Gasteiger partial charge in [0, 0.05) is 36.3 Å². The van der Waals surface area contributed by atoms with Gasteiger partial charge in [-0.05, 0) is 43.5 Å². The highest BCUT2D eigenvalue weighted by Gasteiger charge is 2.10. The molecular weight excluding hydrogens is 584 g/mol. The van der Waals surface area contributed by atoms with Crippen molar-refractivity contribution in [2.75, 3.05) is 31.9 Å². The molecule has 2 aromatic rings. The first-order valence-electron chi connectivity index (χ1n) is 11.1. The van der Waals surface area contributed by atoms with E-state index in [2.05, 4.69) is 63.1 Å². The van der Waals surface area contributed by atoms with E-state index in [0.29, 0.717) is 55.4 Å². The first-order chi connectivity index (χ1) is 16.9. The van der Waals surface area contributed by atoms with Crippen LogP contribution in [0.3, 0.4) is 0 Å². The largest absolute Gasteiger partial charge is 0.311 e. The normalized spacial score (nSPS) is 10.3. The van der Waals surface area contributed by atoms with Gasteiger partial charge in [-0.15, -0.1) is 0 Å². The van der Waals surface area contributed by atoms with Crippen molar-refractivity contribution in [2.45, 2.75) is 44.9 Å². The number of halogens is 2. The van der Waals surface area contributed by atoms with Crippen LogP contribution in [0.2, 0.25) is 0 Å². The van der Waals surface area contributed by atoms with E-state index < -0.39 is 0 Å². The molecule has 0 fully saturated rings. The van der Waals surface area contributed by atoms with Crippen LogP contribution in [0.5, 0.6) is 0 Å². The molecule has 2 rings (SSSR count). The molecule has 0 saturated heterocycles. The van der Waals surface area contributed by atoms with E-state index in [4.69, 9.17) is 0 Å². The molecule has 0 unspecified atom stereocenters. The third kappa shape index (κ3) is 11.9. The van der Waals surface area contributed by atoms with Crippen LogP contribution in [-0.2, 0) is 19.2 Å². The summed E-state index contributed by atoms with van der Waals surface area (Å²) in [6.45, 7) is 0. The highest BCUT2D eigenvalue weighted by atomic mass is 79.9. The lowest BCUT2D eigenvalue weighted by atomic mass is 10.2. The SMILES string of the molecule is O=C(CCCBr)Nc1cccc(NC(=O)CCCC(=O)Nc2cccc(NC(=O)CCCBr)n2)n1. The van der Waals surface area contributed by atoms with Crippen molar-refractivity contribution in [3.63, 3.8) is 0 Å². The van der Waals surface area contributed by atoms with Crippen molar-refractivity contribution in [1.82, 2.24) is 9.97 Å². The Labute approximate surface area is 220 Å².